The topological polar surface area (TPSA) is 72.3 Å². The van der Waals surface area contributed by atoms with Gasteiger partial charge in [0, 0.05) is 12.1 Å². The molecule has 0 aliphatic heterocycles. The molecule has 0 spiro atoms. The molecule has 4 N–H and O–H groups in total. The zero-order valence-corrected chi connectivity index (χ0v) is 12.1. The molecule has 0 aliphatic carbocycles. The second-order valence-corrected chi connectivity index (χ2v) is 5.03. The maximum absolute atomic E-state index is 11.1. The Kier molecular flexibility index (Phi) is 6.45. The second kappa shape index (κ2) is 7.86. The summed E-state index contributed by atoms with van der Waals surface area (Å²) in [6.07, 6.45) is 2.15. The van der Waals surface area contributed by atoms with E-state index in [2.05, 4.69) is 11.8 Å². The summed E-state index contributed by atoms with van der Waals surface area (Å²) in [6, 6.07) is 7.77. The lowest BCUT2D eigenvalue weighted by Gasteiger charge is -2.20. The number of primary amides is 1. The molecule has 0 aliphatic rings. The molecule has 5 heteroatoms. The molecule has 0 saturated carbocycles. The van der Waals surface area contributed by atoms with E-state index in [-0.39, 0.29) is 12.5 Å². The highest BCUT2D eigenvalue weighted by Crippen LogP contribution is 2.08. The fraction of sp³-hybridized carbons (Fsp3) is 0.429. The van der Waals surface area contributed by atoms with Crippen LogP contribution < -0.4 is 11.5 Å². The molecule has 0 bridgehead atoms. The third-order valence-corrected chi connectivity index (χ3v) is 3.09. The summed E-state index contributed by atoms with van der Waals surface area (Å²) >= 11 is 4.91. The number of benzene rings is 1. The van der Waals surface area contributed by atoms with Crippen LogP contribution in [0.25, 0.3) is 0 Å². The van der Waals surface area contributed by atoms with Gasteiger partial charge in [-0.2, -0.15) is 0 Å². The van der Waals surface area contributed by atoms with Gasteiger partial charge in [-0.3, -0.25) is 9.69 Å². The molecule has 1 rings (SSSR count). The van der Waals surface area contributed by atoms with E-state index in [0.29, 0.717) is 11.5 Å². The summed E-state index contributed by atoms with van der Waals surface area (Å²) < 4.78 is 0. The van der Waals surface area contributed by atoms with Gasteiger partial charge in [0.25, 0.3) is 0 Å². The monoisotopic (exact) mass is 279 g/mol. The van der Waals surface area contributed by atoms with Crippen LogP contribution in [0.2, 0.25) is 0 Å². The Bertz CT molecular complexity index is 431. The molecule has 1 aromatic rings. The minimum absolute atomic E-state index is 0.289. The first-order valence-electron chi connectivity index (χ1n) is 6.42. The van der Waals surface area contributed by atoms with E-state index in [1.165, 1.54) is 0 Å². The molecule has 0 radical (unpaired) electrons. The molecule has 0 saturated heterocycles. The Labute approximate surface area is 119 Å². The highest BCUT2D eigenvalue weighted by atomic mass is 32.1. The van der Waals surface area contributed by atoms with E-state index in [4.69, 9.17) is 23.7 Å². The summed E-state index contributed by atoms with van der Waals surface area (Å²) in [5, 5.41) is 0. The van der Waals surface area contributed by atoms with Gasteiger partial charge in [-0.05, 0) is 18.5 Å². The van der Waals surface area contributed by atoms with Crippen molar-refractivity contribution in [3.63, 3.8) is 0 Å². The van der Waals surface area contributed by atoms with E-state index >= 15 is 0 Å². The van der Waals surface area contributed by atoms with Crippen LogP contribution in [0.4, 0.5) is 0 Å². The fourth-order valence-corrected chi connectivity index (χ4v) is 1.98. The molecule has 19 heavy (non-hydrogen) atoms. The lowest BCUT2D eigenvalue weighted by molar-refractivity contribution is -0.119. The van der Waals surface area contributed by atoms with Crippen LogP contribution in [0.1, 0.15) is 30.9 Å². The molecule has 1 amide bonds. The predicted octanol–water partition coefficient (Wildman–Crippen LogP) is 1.41. The highest BCUT2D eigenvalue weighted by molar-refractivity contribution is 7.80. The largest absolute Gasteiger partial charge is 0.389 e. The Morgan fingerprint density at radius 1 is 1.26 bits per heavy atom. The smallest absolute Gasteiger partial charge is 0.231 e. The van der Waals surface area contributed by atoms with Crippen LogP contribution in [0, 0.1) is 0 Å². The first-order chi connectivity index (χ1) is 9.02. The fourth-order valence-electron chi connectivity index (χ4n) is 1.85. The van der Waals surface area contributed by atoms with Crippen LogP contribution in [0.15, 0.2) is 24.3 Å². The Hall–Kier alpha value is -1.46. The first kappa shape index (κ1) is 15.6. The number of carbonyl (C=O) groups excluding carboxylic acids is 1. The number of carbonyl (C=O) groups is 1. The van der Waals surface area contributed by atoms with Crippen LogP contribution in [-0.2, 0) is 11.3 Å². The first-order valence-corrected chi connectivity index (χ1v) is 6.83. The van der Waals surface area contributed by atoms with Crippen LogP contribution >= 0.6 is 12.2 Å². The lowest BCUT2D eigenvalue weighted by atomic mass is 10.1. The zero-order valence-electron chi connectivity index (χ0n) is 11.3. The Morgan fingerprint density at radius 2 is 1.89 bits per heavy atom. The lowest BCUT2D eigenvalue weighted by Crippen LogP contribution is -2.34. The average Bonchev–Trinajstić information content (AvgIpc) is 2.36. The number of unbranched alkanes of at least 4 members (excludes halogenated alkanes) is 1. The van der Waals surface area contributed by atoms with Gasteiger partial charge in [0.05, 0.1) is 6.54 Å². The van der Waals surface area contributed by atoms with Crippen molar-refractivity contribution in [2.75, 3.05) is 13.1 Å². The second-order valence-electron chi connectivity index (χ2n) is 4.59. The molecule has 1 aromatic carbocycles. The van der Waals surface area contributed by atoms with Gasteiger partial charge in [0.2, 0.25) is 5.91 Å². The zero-order chi connectivity index (χ0) is 14.3. The Balaban J connectivity index is 2.66. The quantitative estimate of drug-likeness (QED) is 0.706. The van der Waals surface area contributed by atoms with Gasteiger partial charge >= 0.3 is 0 Å². The summed E-state index contributed by atoms with van der Waals surface area (Å²) in [6.45, 7) is 3.99. The molecule has 0 fully saturated rings. The van der Waals surface area contributed by atoms with Gasteiger partial charge in [0.1, 0.15) is 4.99 Å². The minimum atomic E-state index is -0.296. The maximum atomic E-state index is 11.1. The summed E-state index contributed by atoms with van der Waals surface area (Å²) in [5.74, 6) is -0.296. The summed E-state index contributed by atoms with van der Waals surface area (Å²) in [7, 11) is 0. The van der Waals surface area contributed by atoms with Crippen molar-refractivity contribution in [1.82, 2.24) is 4.90 Å². The van der Waals surface area contributed by atoms with E-state index < -0.39 is 0 Å². The Morgan fingerprint density at radius 3 is 2.37 bits per heavy atom. The average molecular weight is 279 g/mol. The molecular weight excluding hydrogens is 258 g/mol. The molecule has 0 atom stereocenters. The van der Waals surface area contributed by atoms with E-state index in [0.717, 1.165) is 30.5 Å². The van der Waals surface area contributed by atoms with Gasteiger partial charge in [0.15, 0.2) is 0 Å². The molecule has 0 unspecified atom stereocenters. The molecule has 0 heterocycles. The normalized spacial score (nSPS) is 10.6. The minimum Gasteiger partial charge on any atom is -0.389 e. The van der Waals surface area contributed by atoms with Gasteiger partial charge in [-0.25, -0.2) is 0 Å². The number of nitrogens with zero attached hydrogens (tertiary/aromatic N) is 1. The van der Waals surface area contributed by atoms with Crippen molar-refractivity contribution in [1.29, 1.82) is 0 Å². The van der Waals surface area contributed by atoms with Crippen molar-refractivity contribution in [3.05, 3.63) is 35.4 Å². The van der Waals surface area contributed by atoms with Gasteiger partial charge in [-0.15, -0.1) is 0 Å². The third kappa shape index (κ3) is 5.81. The van der Waals surface area contributed by atoms with E-state index in [9.17, 15) is 4.79 Å². The standard InChI is InChI=1S/C14H21N3OS/c1-2-3-8-17(10-13(15)18)9-11-4-6-12(7-5-11)14(16)19/h4-7H,2-3,8-10H2,1H3,(H2,15,18)(H2,16,19). The van der Waals surface area contributed by atoms with E-state index in [1.54, 1.807) is 0 Å². The van der Waals surface area contributed by atoms with Crippen molar-refractivity contribution in [2.24, 2.45) is 11.5 Å². The predicted molar refractivity (Wildman–Crippen MR) is 81.7 cm³/mol. The number of hydrogen-bond donors (Lipinski definition) is 2. The van der Waals surface area contributed by atoms with Gasteiger partial charge in [-0.1, -0.05) is 49.8 Å². The number of amides is 1. The summed E-state index contributed by atoms with van der Waals surface area (Å²) in [4.78, 5) is 13.5. The van der Waals surface area contributed by atoms with Crippen LogP contribution in [0.5, 0.6) is 0 Å². The number of hydrogen-bond acceptors (Lipinski definition) is 3. The molecule has 104 valence electrons. The number of thiocarbonyl (C=S) groups is 1. The van der Waals surface area contributed by atoms with Crippen molar-refractivity contribution in [2.45, 2.75) is 26.3 Å². The van der Waals surface area contributed by atoms with Crippen molar-refractivity contribution in [3.8, 4) is 0 Å². The van der Waals surface area contributed by atoms with Crippen molar-refractivity contribution >= 4 is 23.1 Å². The third-order valence-electron chi connectivity index (χ3n) is 2.85. The molecular formula is C14H21N3OS. The van der Waals surface area contributed by atoms with Crippen LogP contribution in [-0.4, -0.2) is 28.9 Å². The molecule has 0 aromatic heterocycles. The highest BCUT2D eigenvalue weighted by Gasteiger charge is 2.08. The summed E-state index contributed by atoms with van der Waals surface area (Å²) in [5.41, 5.74) is 12.8. The SMILES string of the molecule is CCCCN(CC(N)=O)Cc1ccc(C(N)=S)cc1. The number of nitrogens with two attached hydrogens (primary N) is 2. The maximum Gasteiger partial charge on any atom is 0.231 e. The van der Waals surface area contributed by atoms with E-state index in [1.807, 2.05) is 24.3 Å². The number of rotatable bonds is 8. The van der Waals surface area contributed by atoms with Gasteiger partial charge < -0.3 is 11.5 Å². The van der Waals surface area contributed by atoms with Crippen molar-refractivity contribution < 1.29 is 4.79 Å². The van der Waals surface area contributed by atoms with Crippen LogP contribution in [0.3, 0.4) is 0 Å². The molecule has 4 nitrogen and oxygen atoms in total.